The van der Waals surface area contributed by atoms with E-state index in [1.165, 1.54) is 0 Å². The second-order valence-electron chi connectivity index (χ2n) is 5.30. The Bertz CT molecular complexity index is 468. The van der Waals surface area contributed by atoms with Gasteiger partial charge in [0, 0.05) is 22.7 Å². The van der Waals surface area contributed by atoms with E-state index < -0.39 is 0 Å². The number of thioether (sulfide) groups is 1. The molecule has 98 valence electrons. The fourth-order valence-corrected chi connectivity index (χ4v) is 2.58. The normalized spacial score (nSPS) is 19.1. The lowest BCUT2D eigenvalue weighted by molar-refractivity contribution is -0.115. The van der Waals surface area contributed by atoms with Crippen LogP contribution < -0.4 is 16.4 Å². The summed E-state index contributed by atoms with van der Waals surface area (Å²) < 4.78 is 0. The van der Waals surface area contributed by atoms with Gasteiger partial charge in [-0.05, 0) is 39.0 Å². The number of anilines is 2. The van der Waals surface area contributed by atoms with Gasteiger partial charge in [0.05, 0.1) is 10.9 Å². The number of nitrogens with two attached hydrogens (primary N) is 1. The number of carbonyl (C=O) groups is 1. The molecule has 1 atom stereocenters. The molecule has 0 saturated carbocycles. The summed E-state index contributed by atoms with van der Waals surface area (Å²) in [5.74, 6) is 0.0591. The third-order valence-corrected chi connectivity index (χ3v) is 3.84. The first-order chi connectivity index (χ1) is 8.35. The molecule has 2 rings (SSSR count). The number of nitrogens with one attached hydrogen (secondary N) is 2. The summed E-state index contributed by atoms with van der Waals surface area (Å²) in [5, 5.41) is 6.16. The lowest BCUT2D eigenvalue weighted by atomic mass is 10.1. The molecule has 1 aromatic rings. The van der Waals surface area contributed by atoms with Gasteiger partial charge in [0.25, 0.3) is 0 Å². The van der Waals surface area contributed by atoms with Gasteiger partial charge in [-0.1, -0.05) is 0 Å². The molecule has 1 amide bonds. The maximum absolute atomic E-state index is 11.6. The first-order valence-corrected chi connectivity index (χ1v) is 6.87. The first-order valence-electron chi connectivity index (χ1n) is 5.99. The highest BCUT2D eigenvalue weighted by atomic mass is 32.2. The molecular weight excluding hydrogens is 246 g/mol. The van der Waals surface area contributed by atoms with E-state index in [1.807, 2.05) is 39.0 Å². The van der Waals surface area contributed by atoms with E-state index in [9.17, 15) is 4.79 Å². The Balaban J connectivity index is 2.13. The maximum Gasteiger partial charge on any atom is 0.237 e. The average molecular weight is 265 g/mol. The van der Waals surface area contributed by atoms with Crippen LogP contribution >= 0.6 is 11.8 Å². The standard InChI is InChI=1S/C13H19N3OS/c1-8-12(17)16-10-6-9(4-5-11(10)18-8)15-7-13(2,3)14/h4-6,8,15H,7,14H2,1-3H3,(H,16,17). The molecule has 1 aromatic carbocycles. The Morgan fingerprint density at radius 3 is 2.89 bits per heavy atom. The minimum absolute atomic E-state index is 0.0284. The molecule has 18 heavy (non-hydrogen) atoms. The molecule has 1 heterocycles. The molecular formula is C13H19N3OS. The zero-order chi connectivity index (χ0) is 13.3. The van der Waals surface area contributed by atoms with Gasteiger partial charge in [0.15, 0.2) is 0 Å². The van der Waals surface area contributed by atoms with Crippen molar-refractivity contribution in [3.05, 3.63) is 18.2 Å². The second-order valence-corrected chi connectivity index (χ2v) is 6.69. The first kappa shape index (κ1) is 13.2. The van der Waals surface area contributed by atoms with Crippen LogP contribution in [0.4, 0.5) is 11.4 Å². The predicted octanol–water partition coefficient (Wildman–Crippen LogP) is 2.27. The van der Waals surface area contributed by atoms with Crippen LogP contribution in [0.25, 0.3) is 0 Å². The van der Waals surface area contributed by atoms with Crippen LogP contribution in [0.2, 0.25) is 0 Å². The fraction of sp³-hybridized carbons (Fsp3) is 0.462. The maximum atomic E-state index is 11.6. The number of rotatable bonds is 3. The molecule has 0 saturated heterocycles. The highest BCUT2D eigenvalue weighted by Crippen LogP contribution is 2.36. The van der Waals surface area contributed by atoms with Crippen molar-refractivity contribution in [2.75, 3.05) is 17.2 Å². The van der Waals surface area contributed by atoms with Crippen molar-refractivity contribution < 1.29 is 4.79 Å². The molecule has 5 heteroatoms. The summed E-state index contributed by atoms with van der Waals surface area (Å²) in [7, 11) is 0. The van der Waals surface area contributed by atoms with E-state index in [-0.39, 0.29) is 16.7 Å². The van der Waals surface area contributed by atoms with Crippen LogP contribution in [0.3, 0.4) is 0 Å². The SMILES string of the molecule is CC1Sc2ccc(NCC(C)(C)N)cc2NC1=O. The van der Waals surface area contributed by atoms with Crippen molar-refractivity contribution in [3.63, 3.8) is 0 Å². The number of carbonyl (C=O) groups excluding carboxylic acids is 1. The van der Waals surface area contributed by atoms with E-state index in [2.05, 4.69) is 10.6 Å². The molecule has 4 N–H and O–H groups in total. The van der Waals surface area contributed by atoms with Gasteiger partial charge in [0.1, 0.15) is 0 Å². The number of amides is 1. The number of hydrogen-bond donors (Lipinski definition) is 3. The van der Waals surface area contributed by atoms with Gasteiger partial charge >= 0.3 is 0 Å². The van der Waals surface area contributed by atoms with E-state index in [0.29, 0.717) is 6.54 Å². The van der Waals surface area contributed by atoms with Gasteiger partial charge in [-0.15, -0.1) is 11.8 Å². The largest absolute Gasteiger partial charge is 0.383 e. The van der Waals surface area contributed by atoms with Crippen LogP contribution in [-0.4, -0.2) is 23.2 Å². The minimum Gasteiger partial charge on any atom is -0.383 e. The third-order valence-electron chi connectivity index (χ3n) is 2.66. The van der Waals surface area contributed by atoms with Crippen molar-refractivity contribution in [2.45, 2.75) is 36.5 Å². The Hall–Kier alpha value is -1.20. The molecule has 0 aliphatic carbocycles. The number of hydrogen-bond acceptors (Lipinski definition) is 4. The summed E-state index contributed by atoms with van der Waals surface area (Å²) in [4.78, 5) is 12.7. The Labute approximate surface area is 112 Å². The summed E-state index contributed by atoms with van der Waals surface area (Å²) in [6, 6.07) is 6.00. The van der Waals surface area contributed by atoms with Crippen molar-refractivity contribution in [1.82, 2.24) is 0 Å². The highest BCUT2D eigenvalue weighted by molar-refractivity contribution is 8.00. The van der Waals surface area contributed by atoms with Crippen LogP contribution in [0.15, 0.2) is 23.1 Å². The van der Waals surface area contributed by atoms with Gasteiger partial charge in [-0.25, -0.2) is 0 Å². The van der Waals surface area contributed by atoms with E-state index in [4.69, 9.17) is 5.73 Å². The lowest BCUT2D eigenvalue weighted by Gasteiger charge is -2.23. The van der Waals surface area contributed by atoms with E-state index >= 15 is 0 Å². The summed E-state index contributed by atoms with van der Waals surface area (Å²) in [5.41, 5.74) is 7.52. The van der Waals surface area contributed by atoms with E-state index in [1.54, 1.807) is 11.8 Å². The highest BCUT2D eigenvalue weighted by Gasteiger charge is 2.23. The van der Waals surface area contributed by atoms with E-state index in [0.717, 1.165) is 16.3 Å². The molecule has 0 aromatic heterocycles. The van der Waals surface area contributed by atoms with Crippen molar-refractivity contribution in [2.24, 2.45) is 5.73 Å². The fourth-order valence-electron chi connectivity index (χ4n) is 1.65. The molecule has 1 unspecified atom stereocenters. The monoisotopic (exact) mass is 265 g/mol. The third kappa shape index (κ3) is 3.17. The van der Waals surface area contributed by atoms with Crippen LogP contribution in [0.5, 0.6) is 0 Å². The van der Waals surface area contributed by atoms with Gasteiger partial charge < -0.3 is 16.4 Å². The molecule has 1 aliphatic rings. The quantitative estimate of drug-likeness (QED) is 0.784. The van der Waals surface area contributed by atoms with Crippen LogP contribution in [0, 0.1) is 0 Å². The molecule has 4 nitrogen and oxygen atoms in total. The van der Waals surface area contributed by atoms with Crippen molar-refractivity contribution >= 4 is 29.0 Å². The van der Waals surface area contributed by atoms with Gasteiger partial charge in [-0.2, -0.15) is 0 Å². The molecule has 0 fully saturated rings. The van der Waals surface area contributed by atoms with Crippen LogP contribution in [-0.2, 0) is 4.79 Å². The van der Waals surface area contributed by atoms with Crippen molar-refractivity contribution in [3.8, 4) is 0 Å². The molecule has 0 radical (unpaired) electrons. The second kappa shape index (κ2) is 4.82. The summed E-state index contributed by atoms with van der Waals surface area (Å²) in [6.45, 7) is 6.53. The number of benzene rings is 1. The number of fused-ring (bicyclic) bond motifs is 1. The van der Waals surface area contributed by atoms with Crippen molar-refractivity contribution in [1.29, 1.82) is 0 Å². The molecule has 0 spiro atoms. The Morgan fingerprint density at radius 2 is 2.22 bits per heavy atom. The zero-order valence-electron chi connectivity index (χ0n) is 10.9. The van der Waals surface area contributed by atoms with Crippen LogP contribution in [0.1, 0.15) is 20.8 Å². The zero-order valence-corrected chi connectivity index (χ0v) is 11.7. The smallest absolute Gasteiger partial charge is 0.237 e. The Morgan fingerprint density at radius 1 is 1.50 bits per heavy atom. The molecule has 0 bridgehead atoms. The average Bonchev–Trinajstić information content (AvgIpc) is 2.27. The summed E-state index contributed by atoms with van der Waals surface area (Å²) >= 11 is 1.59. The summed E-state index contributed by atoms with van der Waals surface area (Å²) in [6.07, 6.45) is 0. The van der Waals surface area contributed by atoms with Gasteiger partial charge in [-0.3, -0.25) is 4.79 Å². The molecule has 1 aliphatic heterocycles. The minimum atomic E-state index is -0.261. The lowest BCUT2D eigenvalue weighted by Crippen LogP contribution is -2.39. The predicted molar refractivity (Wildman–Crippen MR) is 77.1 cm³/mol. The Kier molecular flexibility index (Phi) is 3.54. The van der Waals surface area contributed by atoms with Gasteiger partial charge in [0.2, 0.25) is 5.91 Å². The topological polar surface area (TPSA) is 67.2 Å².